The van der Waals surface area contributed by atoms with Crippen molar-refractivity contribution >= 4 is 16.7 Å². The molecule has 0 aromatic heterocycles. The van der Waals surface area contributed by atoms with Crippen LogP contribution in [0.5, 0.6) is 5.75 Å². The maximum Gasteiger partial charge on any atom is 0.252 e. The number of rotatable bonds is 4. The van der Waals surface area contributed by atoms with Crippen molar-refractivity contribution in [3.8, 4) is 5.75 Å². The van der Waals surface area contributed by atoms with E-state index >= 15 is 0 Å². The Morgan fingerprint density at radius 1 is 1.21 bits per heavy atom. The number of fused-ring (bicyclic) bond motifs is 1. The maximum atomic E-state index is 11.5. The third kappa shape index (κ3) is 2.70. The lowest BCUT2D eigenvalue weighted by atomic mass is 9.99. The summed E-state index contributed by atoms with van der Waals surface area (Å²) < 4.78 is 5.64. The second kappa shape index (κ2) is 5.31. The largest absolute Gasteiger partial charge is 0.493 e. The van der Waals surface area contributed by atoms with E-state index in [0.717, 1.165) is 17.2 Å². The molecule has 0 unspecified atom stereocenters. The van der Waals surface area contributed by atoms with Gasteiger partial charge in [-0.3, -0.25) is 4.79 Å². The van der Waals surface area contributed by atoms with E-state index in [4.69, 9.17) is 10.5 Å². The highest BCUT2D eigenvalue weighted by Crippen LogP contribution is 2.29. The molecule has 0 radical (unpaired) electrons. The summed E-state index contributed by atoms with van der Waals surface area (Å²) in [4.78, 5) is 11.5. The zero-order valence-corrected chi connectivity index (χ0v) is 11.6. The molecule has 0 aliphatic heterocycles. The zero-order chi connectivity index (χ0) is 14.0. The standard InChI is InChI=1S/C16H19NO2/c1-4-5-19-15-9-13-11(3)6-10(2)7-12(13)8-14(15)16(17)18/h6-9H,4-5H2,1-3H3,(H2,17,18). The van der Waals surface area contributed by atoms with Gasteiger partial charge in [0, 0.05) is 0 Å². The van der Waals surface area contributed by atoms with Crippen LogP contribution in [0.1, 0.15) is 34.8 Å². The normalized spacial score (nSPS) is 10.7. The number of benzene rings is 2. The smallest absolute Gasteiger partial charge is 0.252 e. The topological polar surface area (TPSA) is 52.3 Å². The van der Waals surface area contributed by atoms with Gasteiger partial charge in [-0.15, -0.1) is 0 Å². The first-order valence-electron chi connectivity index (χ1n) is 6.50. The van der Waals surface area contributed by atoms with Crippen LogP contribution in [0.3, 0.4) is 0 Å². The van der Waals surface area contributed by atoms with Gasteiger partial charge in [-0.05, 0) is 48.7 Å². The lowest BCUT2D eigenvalue weighted by Gasteiger charge is -2.12. The molecule has 0 heterocycles. The highest BCUT2D eigenvalue weighted by molar-refractivity contribution is 6.01. The quantitative estimate of drug-likeness (QED) is 0.913. The zero-order valence-electron chi connectivity index (χ0n) is 11.6. The fourth-order valence-corrected chi connectivity index (χ4v) is 2.29. The summed E-state index contributed by atoms with van der Waals surface area (Å²) in [5, 5.41) is 2.12. The molecule has 0 atom stereocenters. The van der Waals surface area contributed by atoms with Gasteiger partial charge >= 0.3 is 0 Å². The van der Waals surface area contributed by atoms with Gasteiger partial charge in [-0.2, -0.15) is 0 Å². The molecular formula is C16H19NO2. The monoisotopic (exact) mass is 257 g/mol. The summed E-state index contributed by atoms with van der Waals surface area (Å²) in [6, 6.07) is 7.91. The molecule has 0 spiro atoms. The van der Waals surface area contributed by atoms with Crippen LogP contribution in [0.25, 0.3) is 10.8 Å². The summed E-state index contributed by atoms with van der Waals surface area (Å²) in [6.07, 6.45) is 0.892. The first kappa shape index (κ1) is 13.4. The molecule has 1 amide bonds. The number of amides is 1. The molecule has 0 aliphatic rings. The van der Waals surface area contributed by atoms with E-state index in [0.29, 0.717) is 17.9 Å². The van der Waals surface area contributed by atoms with E-state index in [-0.39, 0.29) is 0 Å². The molecule has 0 saturated carbocycles. The summed E-state index contributed by atoms with van der Waals surface area (Å²) in [7, 11) is 0. The van der Waals surface area contributed by atoms with Gasteiger partial charge in [0.1, 0.15) is 5.75 Å². The second-order valence-electron chi connectivity index (χ2n) is 4.86. The minimum absolute atomic E-state index is 0.450. The SMILES string of the molecule is CCCOc1cc2c(C)cc(C)cc2cc1C(N)=O. The van der Waals surface area contributed by atoms with Crippen LogP contribution in [0.2, 0.25) is 0 Å². The van der Waals surface area contributed by atoms with Crippen LogP contribution in [0.15, 0.2) is 24.3 Å². The number of carbonyl (C=O) groups is 1. The summed E-state index contributed by atoms with van der Waals surface area (Å²) in [5.41, 5.74) is 8.23. The lowest BCUT2D eigenvalue weighted by Crippen LogP contribution is -2.13. The van der Waals surface area contributed by atoms with Gasteiger partial charge in [0.05, 0.1) is 12.2 Å². The van der Waals surface area contributed by atoms with Gasteiger partial charge in [0.25, 0.3) is 5.91 Å². The summed E-state index contributed by atoms with van der Waals surface area (Å²) in [5.74, 6) is 0.126. The van der Waals surface area contributed by atoms with Crippen LogP contribution in [-0.2, 0) is 0 Å². The molecule has 0 bridgehead atoms. The Bertz CT molecular complexity index is 632. The van der Waals surface area contributed by atoms with Crippen LogP contribution in [0, 0.1) is 13.8 Å². The number of ether oxygens (including phenoxy) is 1. The van der Waals surface area contributed by atoms with Crippen LogP contribution in [0.4, 0.5) is 0 Å². The van der Waals surface area contributed by atoms with Crippen molar-refractivity contribution in [1.29, 1.82) is 0 Å². The minimum Gasteiger partial charge on any atom is -0.493 e. The second-order valence-corrected chi connectivity index (χ2v) is 4.86. The highest BCUT2D eigenvalue weighted by Gasteiger charge is 2.12. The van der Waals surface area contributed by atoms with E-state index < -0.39 is 5.91 Å². The van der Waals surface area contributed by atoms with Gasteiger partial charge in [-0.25, -0.2) is 0 Å². The number of nitrogens with two attached hydrogens (primary N) is 1. The molecule has 3 heteroatoms. The van der Waals surface area contributed by atoms with Crippen molar-refractivity contribution in [3.63, 3.8) is 0 Å². The maximum absolute atomic E-state index is 11.5. The van der Waals surface area contributed by atoms with Crippen molar-refractivity contribution < 1.29 is 9.53 Å². The Morgan fingerprint density at radius 3 is 2.58 bits per heavy atom. The van der Waals surface area contributed by atoms with Crippen molar-refractivity contribution in [3.05, 3.63) is 41.0 Å². The van der Waals surface area contributed by atoms with E-state index in [1.165, 1.54) is 11.1 Å². The number of hydrogen-bond acceptors (Lipinski definition) is 2. The molecule has 3 nitrogen and oxygen atoms in total. The molecule has 0 saturated heterocycles. The Kier molecular flexibility index (Phi) is 3.74. The molecule has 2 rings (SSSR count). The van der Waals surface area contributed by atoms with Crippen LogP contribution in [-0.4, -0.2) is 12.5 Å². The van der Waals surface area contributed by atoms with Gasteiger partial charge in [0.2, 0.25) is 0 Å². The molecule has 2 N–H and O–H groups in total. The summed E-state index contributed by atoms with van der Waals surface area (Å²) >= 11 is 0. The summed E-state index contributed by atoms with van der Waals surface area (Å²) in [6.45, 7) is 6.71. The van der Waals surface area contributed by atoms with Crippen molar-refractivity contribution in [2.45, 2.75) is 27.2 Å². The Balaban J connectivity index is 2.65. The molecule has 0 fully saturated rings. The Hall–Kier alpha value is -2.03. The number of aryl methyl sites for hydroxylation is 2. The number of carbonyl (C=O) groups excluding carboxylic acids is 1. The fraction of sp³-hybridized carbons (Fsp3) is 0.312. The average Bonchev–Trinajstić information content (AvgIpc) is 2.35. The van der Waals surface area contributed by atoms with Gasteiger partial charge < -0.3 is 10.5 Å². The molecular weight excluding hydrogens is 238 g/mol. The molecule has 100 valence electrons. The predicted molar refractivity (Wildman–Crippen MR) is 77.7 cm³/mol. The van der Waals surface area contributed by atoms with E-state index in [9.17, 15) is 4.79 Å². The molecule has 19 heavy (non-hydrogen) atoms. The lowest BCUT2D eigenvalue weighted by molar-refractivity contribution is 0.0996. The first-order chi connectivity index (χ1) is 9.02. The van der Waals surface area contributed by atoms with Crippen LogP contribution < -0.4 is 10.5 Å². The average molecular weight is 257 g/mol. The first-order valence-corrected chi connectivity index (χ1v) is 6.50. The fourth-order valence-electron chi connectivity index (χ4n) is 2.29. The highest BCUT2D eigenvalue weighted by atomic mass is 16.5. The predicted octanol–water partition coefficient (Wildman–Crippen LogP) is 3.34. The van der Waals surface area contributed by atoms with Crippen LogP contribution >= 0.6 is 0 Å². The number of primary amides is 1. The van der Waals surface area contributed by atoms with Gasteiger partial charge in [0.15, 0.2) is 0 Å². The van der Waals surface area contributed by atoms with Crippen molar-refractivity contribution in [2.24, 2.45) is 5.73 Å². The minimum atomic E-state index is -0.452. The Morgan fingerprint density at radius 2 is 1.95 bits per heavy atom. The third-order valence-electron chi connectivity index (χ3n) is 3.13. The van der Waals surface area contributed by atoms with E-state index in [2.05, 4.69) is 19.1 Å². The van der Waals surface area contributed by atoms with Gasteiger partial charge in [-0.1, -0.05) is 24.6 Å². The number of hydrogen-bond donors (Lipinski definition) is 1. The molecule has 2 aromatic rings. The molecule has 2 aromatic carbocycles. The van der Waals surface area contributed by atoms with Crippen molar-refractivity contribution in [2.75, 3.05) is 6.61 Å². The van der Waals surface area contributed by atoms with E-state index in [1.807, 2.05) is 26.0 Å². The third-order valence-corrected chi connectivity index (χ3v) is 3.13. The Labute approximate surface area is 113 Å². The molecule has 0 aliphatic carbocycles. The van der Waals surface area contributed by atoms with E-state index in [1.54, 1.807) is 0 Å². The van der Waals surface area contributed by atoms with Crippen molar-refractivity contribution in [1.82, 2.24) is 0 Å².